The summed E-state index contributed by atoms with van der Waals surface area (Å²) in [5, 5.41) is 25.2. The zero-order valence-corrected chi connectivity index (χ0v) is 15.1. The van der Waals surface area contributed by atoms with Crippen LogP contribution in [0.5, 0.6) is 0 Å². The minimum atomic E-state index is -1.49. The van der Waals surface area contributed by atoms with Crippen LogP contribution in [0.3, 0.4) is 0 Å². The lowest BCUT2D eigenvalue weighted by Gasteiger charge is -2.23. The van der Waals surface area contributed by atoms with Crippen LogP contribution in [0.2, 0.25) is 0 Å². The molecule has 3 amide bonds. The summed E-state index contributed by atoms with van der Waals surface area (Å²) in [5.74, 6) is -3.40. The Hall–Kier alpha value is -2.20. The third-order valence-corrected chi connectivity index (χ3v) is 3.57. The summed E-state index contributed by atoms with van der Waals surface area (Å²) >= 11 is 0. The summed E-state index contributed by atoms with van der Waals surface area (Å²) in [7, 11) is 0. The van der Waals surface area contributed by atoms with Gasteiger partial charge in [0.25, 0.3) is 0 Å². The number of carbonyl (C=O) groups is 4. The number of hydrogen-bond acceptors (Lipinski definition) is 6. The molecule has 144 valence electrons. The molecule has 10 nitrogen and oxygen atoms in total. The Kier molecular flexibility index (Phi) is 9.07. The van der Waals surface area contributed by atoms with Crippen molar-refractivity contribution in [2.24, 2.45) is 11.7 Å². The predicted molar refractivity (Wildman–Crippen MR) is 89.3 cm³/mol. The second-order valence-electron chi connectivity index (χ2n) is 6.30. The van der Waals surface area contributed by atoms with Crippen LogP contribution in [-0.4, -0.2) is 64.2 Å². The Morgan fingerprint density at radius 2 is 1.20 bits per heavy atom. The summed E-state index contributed by atoms with van der Waals surface area (Å²) in [4.78, 5) is 46.7. The van der Waals surface area contributed by atoms with E-state index in [4.69, 9.17) is 10.8 Å². The van der Waals surface area contributed by atoms with Crippen LogP contribution in [0.25, 0.3) is 0 Å². The summed E-state index contributed by atoms with van der Waals surface area (Å²) < 4.78 is 0. The summed E-state index contributed by atoms with van der Waals surface area (Å²) in [5.41, 5.74) is 5.68. The van der Waals surface area contributed by atoms with E-state index in [1.807, 2.05) is 0 Å². The third kappa shape index (κ3) is 7.48. The number of amides is 3. The van der Waals surface area contributed by atoms with Crippen LogP contribution in [-0.2, 0) is 19.2 Å². The van der Waals surface area contributed by atoms with E-state index < -0.39 is 54.0 Å². The molecule has 5 unspecified atom stereocenters. The lowest BCUT2D eigenvalue weighted by molar-refractivity contribution is -0.145. The second kappa shape index (κ2) is 9.94. The van der Waals surface area contributed by atoms with Crippen molar-refractivity contribution in [2.45, 2.75) is 64.9 Å². The molecule has 0 rings (SSSR count). The van der Waals surface area contributed by atoms with Gasteiger partial charge < -0.3 is 31.9 Å². The van der Waals surface area contributed by atoms with Crippen LogP contribution < -0.4 is 21.7 Å². The second-order valence-corrected chi connectivity index (χ2v) is 6.30. The van der Waals surface area contributed by atoms with Crippen molar-refractivity contribution >= 4 is 23.7 Å². The fraction of sp³-hybridized carbons (Fsp3) is 0.733. The Bertz CT molecular complexity index is 508. The van der Waals surface area contributed by atoms with E-state index in [-0.39, 0.29) is 5.92 Å². The van der Waals surface area contributed by atoms with Gasteiger partial charge >= 0.3 is 5.97 Å². The van der Waals surface area contributed by atoms with Crippen molar-refractivity contribution in [1.82, 2.24) is 16.0 Å². The molecule has 0 radical (unpaired) electrons. The maximum atomic E-state index is 12.0. The number of hydrogen-bond donors (Lipinski definition) is 6. The first-order valence-electron chi connectivity index (χ1n) is 7.96. The highest BCUT2D eigenvalue weighted by Gasteiger charge is 2.29. The monoisotopic (exact) mass is 360 g/mol. The summed E-state index contributed by atoms with van der Waals surface area (Å²) in [6, 6.07) is -4.25. The fourth-order valence-corrected chi connectivity index (χ4v) is 1.75. The number of aliphatic hydroxyl groups is 1. The molecular formula is C15H28N4O6. The molecule has 0 aliphatic carbocycles. The normalized spacial score (nSPS) is 17.0. The minimum Gasteiger partial charge on any atom is -0.480 e. The van der Waals surface area contributed by atoms with E-state index in [1.54, 1.807) is 13.8 Å². The number of aliphatic carboxylic acids is 1. The molecule has 0 saturated carbocycles. The van der Waals surface area contributed by atoms with Crippen molar-refractivity contribution in [3.63, 3.8) is 0 Å². The third-order valence-electron chi connectivity index (χ3n) is 3.57. The van der Waals surface area contributed by atoms with E-state index in [1.165, 1.54) is 20.8 Å². The molecule has 0 saturated heterocycles. The lowest BCUT2D eigenvalue weighted by Crippen LogP contribution is -2.57. The maximum Gasteiger partial charge on any atom is 0.328 e. The highest BCUT2D eigenvalue weighted by atomic mass is 16.4. The topological polar surface area (TPSA) is 171 Å². The molecule has 0 bridgehead atoms. The Morgan fingerprint density at radius 3 is 1.56 bits per heavy atom. The van der Waals surface area contributed by atoms with E-state index >= 15 is 0 Å². The van der Waals surface area contributed by atoms with Crippen molar-refractivity contribution in [2.75, 3.05) is 0 Å². The van der Waals surface area contributed by atoms with E-state index in [9.17, 15) is 24.3 Å². The van der Waals surface area contributed by atoms with Gasteiger partial charge in [0, 0.05) is 0 Å². The number of nitrogens with two attached hydrogens (primary N) is 1. The van der Waals surface area contributed by atoms with Crippen molar-refractivity contribution in [3.05, 3.63) is 0 Å². The van der Waals surface area contributed by atoms with Gasteiger partial charge in [0.15, 0.2) is 6.04 Å². The van der Waals surface area contributed by atoms with E-state index in [0.29, 0.717) is 0 Å². The molecule has 0 fully saturated rings. The van der Waals surface area contributed by atoms with Crippen molar-refractivity contribution in [1.29, 1.82) is 0 Å². The predicted octanol–water partition coefficient (Wildman–Crippen LogP) is -2.07. The Balaban J connectivity index is 4.65. The van der Waals surface area contributed by atoms with Crippen molar-refractivity contribution in [3.8, 4) is 0 Å². The average Bonchev–Trinajstić information content (AvgIpc) is 2.50. The lowest BCUT2D eigenvalue weighted by atomic mass is 10.0. The van der Waals surface area contributed by atoms with Gasteiger partial charge in [-0.3, -0.25) is 14.4 Å². The Labute approximate surface area is 146 Å². The first-order valence-corrected chi connectivity index (χ1v) is 7.96. The molecule has 0 aromatic carbocycles. The molecule has 0 spiro atoms. The SMILES string of the molecule is CC(NC(=O)C(C)NC(=O)C(N)C(C)C)C(=O)NC(C(=O)O)C(C)O. The zero-order valence-electron chi connectivity index (χ0n) is 15.1. The van der Waals surface area contributed by atoms with Crippen LogP contribution in [0.15, 0.2) is 0 Å². The van der Waals surface area contributed by atoms with Gasteiger partial charge in [-0.15, -0.1) is 0 Å². The standard InChI is InChI=1S/C15H28N4O6/c1-6(2)10(16)14(23)18-7(3)12(21)17-8(4)13(22)19-11(9(5)20)15(24)25/h6-11,20H,16H2,1-5H3,(H,17,21)(H,18,23)(H,19,22)(H,24,25). The number of rotatable bonds is 9. The molecule has 5 atom stereocenters. The van der Waals surface area contributed by atoms with E-state index in [2.05, 4.69) is 16.0 Å². The average molecular weight is 360 g/mol. The molecule has 0 aliphatic heterocycles. The minimum absolute atomic E-state index is 0.103. The van der Waals surface area contributed by atoms with Gasteiger partial charge in [-0.1, -0.05) is 13.8 Å². The molecular weight excluding hydrogens is 332 g/mol. The van der Waals surface area contributed by atoms with Gasteiger partial charge in [-0.05, 0) is 26.7 Å². The number of carboxylic acid groups (broad SMARTS) is 1. The van der Waals surface area contributed by atoms with Crippen LogP contribution >= 0.6 is 0 Å². The zero-order chi connectivity index (χ0) is 19.9. The van der Waals surface area contributed by atoms with Gasteiger partial charge in [-0.2, -0.15) is 0 Å². The number of carbonyl (C=O) groups excluding carboxylic acids is 3. The smallest absolute Gasteiger partial charge is 0.328 e. The van der Waals surface area contributed by atoms with Gasteiger partial charge in [0.05, 0.1) is 12.1 Å². The van der Waals surface area contributed by atoms with Crippen molar-refractivity contribution < 1.29 is 29.4 Å². The first-order chi connectivity index (χ1) is 11.4. The molecule has 7 N–H and O–H groups in total. The molecule has 25 heavy (non-hydrogen) atoms. The van der Waals surface area contributed by atoms with Gasteiger partial charge in [0.1, 0.15) is 12.1 Å². The molecule has 0 aliphatic rings. The number of aliphatic hydroxyl groups excluding tert-OH is 1. The molecule has 0 aromatic heterocycles. The van der Waals surface area contributed by atoms with Gasteiger partial charge in [0.2, 0.25) is 17.7 Å². The molecule has 0 heterocycles. The fourth-order valence-electron chi connectivity index (χ4n) is 1.75. The first kappa shape index (κ1) is 22.8. The summed E-state index contributed by atoms with van der Waals surface area (Å²) in [6.07, 6.45) is -1.31. The van der Waals surface area contributed by atoms with Crippen LogP contribution in [0.1, 0.15) is 34.6 Å². The van der Waals surface area contributed by atoms with Crippen LogP contribution in [0, 0.1) is 5.92 Å². The highest BCUT2D eigenvalue weighted by Crippen LogP contribution is 1.99. The van der Waals surface area contributed by atoms with Crippen LogP contribution in [0.4, 0.5) is 0 Å². The summed E-state index contributed by atoms with van der Waals surface area (Å²) in [6.45, 7) is 7.53. The largest absolute Gasteiger partial charge is 0.480 e. The highest BCUT2D eigenvalue weighted by molar-refractivity contribution is 5.93. The maximum absolute atomic E-state index is 12.0. The quantitative estimate of drug-likeness (QED) is 0.274. The van der Waals surface area contributed by atoms with E-state index in [0.717, 1.165) is 0 Å². The number of nitrogens with one attached hydrogen (secondary N) is 3. The molecule has 10 heteroatoms. The number of carboxylic acids is 1. The van der Waals surface area contributed by atoms with Gasteiger partial charge in [-0.25, -0.2) is 4.79 Å². The Morgan fingerprint density at radius 1 is 0.800 bits per heavy atom. The molecule has 0 aromatic rings.